The Hall–Kier alpha value is -2.61. The van der Waals surface area contributed by atoms with Crippen molar-refractivity contribution in [3.63, 3.8) is 0 Å². The van der Waals surface area contributed by atoms with Crippen LogP contribution in [0.1, 0.15) is 12.5 Å². The molecule has 0 N–H and O–H groups in total. The van der Waals surface area contributed by atoms with Gasteiger partial charge in [0.1, 0.15) is 0 Å². The van der Waals surface area contributed by atoms with E-state index in [2.05, 4.69) is 35.9 Å². The zero-order chi connectivity index (χ0) is 14.8. The summed E-state index contributed by atoms with van der Waals surface area (Å²) in [5.41, 5.74) is 4.54. The van der Waals surface area contributed by atoms with Gasteiger partial charge in [0, 0.05) is 23.5 Å². The van der Waals surface area contributed by atoms with Crippen LogP contribution in [-0.4, -0.2) is 10.4 Å². The number of hydrogen-bond donors (Lipinski definition) is 0. The number of aryl methyl sites for hydroxylation is 1. The number of para-hydroxylation sites is 1. The molecule has 0 bridgehead atoms. The molecule has 0 radical (unpaired) electrons. The molecule has 3 aromatic rings. The average molecular weight is 275 g/mol. The molecule has 104 valence electrons. The van der Waals surface area contributed by atoms with Crippen molar-refractivity contribution in [2.24, 2.45) is 7.05 Å². The van der Waals surface area contributed by atoms with E-state index in [1.54, 1.807) is 13.0 Å². The van der Waals surface area contributed by atoms with Crippen LogP contribution in [0.5, 0.6) is 0 Å². The first kappa shape index (κ1) is 13.4. The molecule has 0 saturated carbocycles. The Kier molecular flexibility index (Phi) is 3.44. The summed E-state index contributed by atoms with van der Waals surface area (Å²) in [6.07, 6.45) is 3.56. The molecule has 21 heavy (non-hydrogen) atoms. The number of rotatable bonds is 3. The third-order valence-electron chi connectivity index (χ3n) is 3.68. The van der Waals surface area contributed by atoms with Crippen LogP contribution in [0.3, 0.4) is 0 Å². The highest BCUT2D eigenvalue weighted by atomic mass is 16.1. The Morgan fingerprint density at radius 1 is 1.00 bits per heavy atom. The van der Waals surface area contributed by atoms with E-state index in [1.165, 1.54) is 5.52 Å². The highest BCUT2D eigenvalue weighted by Crippen LogP contribution is 2.33. The Balaban J connectivity index is 2.34. The van der Waals surface area contributed by atoms with E-state index >= 15 is 0 Å². The Morgan fingerprint density at radius 2 is 1.67 bits per heavy atom. The first-order valence-electron chi connectivity index (χ1n) is 7.00. The third-order valence-corrected chi connectivity index (χ3v) is 3.68. The molecular formula is C19H17NO. The maximum Gasteiger partial charge on any atom is 0.152 e. The van der Waals surface area contributed by atoms with Crippen molar-refractivity contribution in [2.45, 2.75) is 6.92 Å². The summed E-state index contributed by atoms with van der Waals surface area (Å²) in [5.74, 6) is 0.0574. The minimum atomic E-state index is 0.0574. The van der Waals surface area contributed by atoms with Gasteiger partial charge in [0.05, 0.1) is 5.69 Å². The molecule has 3 rings (SSSR count). The normalized spacial score (nSPS) is 11.3. The SMILES string of the molecule is CC(=O)C=Cc1c(-c2ccccc2)n(C)c2ccccc12. The predicted octanol–water partition coefficient (Wildman–Crippen LogP) is 4.45. The number of allylic oxidation sites excluding steroid dienone is 1. The van der Waals surface area contributed by atoms with Gasteiger partial charge >= 0.3 is 0 Å². The first-order chi connectivity index (χ1) is 10.2. The van der Waals surface area contributed by atoms with Gasteiger partial charge in [0.25, 0.3) is 0 Å². The Morgan fingerprint density at radius 3 is 2.38 bits per heavy atom. The monoisotopic (exact) mass is 275 g/mol. The van der Waals surface area contributed by atoms with Gasteiger partial charge in [-0.15, -0.1) is 0 Å². The maximum atomic E-state index is 11.3. The van der Waals surface area contributed by atoms with E-state index in [0.717, 1.165) is 22.2 Å². The largest absolute Gasteiger partial charge is 0.343 e. The van der Waals surface area contributed by atoms with Crippen molar-refractivity contribution in [3.8, 4) is 11.3 Å². The van der Waals surface area contributed by atoms with Crippen molar-refractivity contribution < 1.29 is 4.79 Å². The summed E-state index contributed by atoms with van der Waals surface area (Å²) in [4.78, 5) is 11.3. The highest BCUT2D eigenvalue weighted by molar-refractivity contribution is 6.01. The fourth-order valence-corrected chi connectivity index (χ4v) is 2.74. The molecule has 0 aliphatic carbocycles. The van der Waals surface area contributed by atoms with Gasteiger partial charge in [0.2, 0.25) is 0 Å². The Bertz CT molecular complexity index is 825. The van der Waals surface area contributed by atoms with Crippen LogP contribution in [0.25, 0.3) is 28.2 Å². The van der Waals surface area contributed by atoms with Gasteiger partial charge in [0.15, 0.2) is 5.78 Å². The maximum absolute atomic E-state index is 11.3. The van der Waals surface area contributed by atoms with Crippen LogP contribution in [0.15, 0.2) is 60.7 Å². The van der Waals surface area contributed by atoms with Gasteiger partial charge in [-0.05, 0) is 30.7 Å². The van der Waals surface area contributed by atoms with Gasteiger partial charge in [-0.1, -0.05) is 48.5 Å². The van der Waals surface area contributed by atoms with Crippen molar-refractivity contribution in [2.75, 3.05) is 0 Å². The molecule has 0 aliphatic rings. The zero-order valence-corrected chi connectivity index (χ0v) is 12.2. The molecular weight excluding hydrogens is 258 g/mol. The lowest BCUT2D eigenvalue weighted by atomic mass is 10.0. The van der Waals surface area contributed by atoms with Crippen LogP contribution in [-0.2, 0) is 11.8 Å². The summed E-state index contributed by atoms with van der Waals surface area (Å²) in [7, 11) is 2.07. The first-order valence-corrected chi connectivity index (χ1v) is 7.00. The zero-order valence-electron chi connectivity index (χ0n) is 12.2. The topological polar surface area (TPSA) is 22.0 Å². The predicted molar refractivity (Wildman–Crippen MR) is 88.1 cm³/mol. The number of carbonyl (C=O) groups excluding carboxylic acids is 1. The number of aromatic nitrogens is 1. The highest BCUT2D eigenvalue weighted by Gasteiger charge is 2.14. The fourth-order valence-electron chi connectivity index (χ4n) is 2.74. The second kappa shape index (κ2) is 5.41. The molecule has 0 amide bonds. The Labute approximate surface area is 124 Å². The van der Waals surface area contributed by atoms with Crippen LogP contribution >= 0.6 is 0 Å². The van der Waals surface area contributed by atoms with E-state index in [9.17, 15) is 4.79 Å². The summed E-state index contributed by atoms with van der Waals surface area (Å²) in [6.45, 7) is 1.57. The molecule has 0 aliphatic heterocycles. The van der Waals surface area contributed by atoms with Crippen LogP contribution in [0, 0.1) is 0 Å². The molecule has 0 atom stereocenters. The van der Waals surface area contributed by atoms with Gasteiger partial charge in [-0.25, -0.2) is 0 Å². The minimum Gasteiger partial charge on any atom is -0.343 e. The van der Waals surface area contributed by atoms with E-state index in [1.807, 2.05) is 36.4 Å². The van der Waals surface area contributed by atoms with Crippen molar-refractivity contribution in [3.05, 3.63) is 66.2 Å². The third kappa shape index (κ3) is 2.40. The standard InChI is InChI=1S/C19H17NO/c1-14(21)12-13-17-16-10-6-7-11-18(16)20(2)19(17)15-8-4-3-5-9-15/h3-13H,1-2H3. The molecule has 0 unspecified atom stereocenters. The average Bonchev–Trinajstić information content (AvgIpc) is 2.79. The lowest BCUT2D eigenvalue weighted by Gasteiger charge is -2.06. The molecule has 0 spiro atoms. The molecule has 0 saturated heterocycles. The lowest BCUT2D eigenvalue weighted by Crippen LogP contribution is -1.92. The lowest BCUT2D eigenvalue weighted by molar-refractivity contribution is -0.112. The second-order valence-electron chi connectivity index (χ2n) is 5.15. The summed E-state index contributed by atoms with van der Waals surface area (Å²) in [6, 6.07) is 18.5. The minimum absolute atomic E-state index is 0.0574. The molecule has 1 heterocycles. The van der Waals surface area contributed by atoms with Gasteiger partial charge < -0.3 is 4.57 Å². The number of fused-ring (bicyclic) bond motifs is 1. The molecule has 2 nitrogen and oxygen atoms in total. The smallest absolute Gasteiger partial charge is 0.152 e. The molecule has 2 aromatic carbocycles. The number of nitrogens with zero attached hydrogens (tertiary/aromatic N) is 1. The molecule has 1 aromatic heterocycles. The summed E-state index contributed by atoms with van der Waals surface area (Å²) < 4.78 is 2.18. The van der Waals surface area contributed by atoms with Crippen molar-refractivity contribution in [1.82, 2.24) is 4.57 Å². The van der Waals surface area contributed by atoms with E-state index in [-0.39, 0.29) is 5.78 Å². The number of ketones is 1. The van der Waals surface area contributed by atoms with Crippen LogP contribution in [0.4, 0.5) is 0 Å². The fraction of sp³-hybridized carbons (Fsp3) is 0.105. The van der Waals surface area contributed by atoms with Crippen molar-refractivity contribution in [1.29, 1.82) is 0 Å². The molecule has 2 heteroatoms. The van der Waals surface area contributed by atoms with Gasteiger partial charge in [-0.2, -0.15) is 0 Å². The van der Waals surface area contributed by atoms with Gasteiger partial charge in [-0.3, -0.25) is 4.79 Å². The quantitative estimate of drug-likeness (QED) is 0.647. The van der Waals surface area contributed by atoms with E-state index in [4.69, 9.17) is 0 Å². The van der Waals surface area contributed by atoms with Crippen LogP contribution < -0.4 is 0 Å². The number of carbonyl (C=O) groups is 1. The van der Waals surface area contributed by atoms with Crippen LogP contribution in [0.2, 0.25) is 0 Å². The molecule has 0 fully saturated rings. The summed E-state index contributed by atoms with van der Waals surface area (Å²) in [5, 5.41) is 1.16. The van der Waals surface area contributed by atoms with Crippen molar-refractivity contribution >= 4 is 22.8 Å². The van der Waals surface area contributed by atoms with E-state index in [0.29, 0.717) is 0 Å². The van der Waals surface area contributed by atoms with E-state index < -0.39 is 0 Å². The number of hydrogen-bond acceptors (Lipinski definition) is 1. The number of benzene rings is 2. The summed E-state index contributed by atoms with van der Waals surface area (Å²) >= 11 is 0. The second-order valence-corrected chi connectivity index (χ2v) is 5.15.